The van der Waals surface area contributed by atoms with Gasteiger partial charge in [-0.2, -0.15) is 4.39 Å². The standard InChI is InChI=1S/C9H9ClFN/c1-7-8(3-2-6-10)4-5-9(11)12-7/h2-5H,6H2,1H3. The van der Waals surface area contributed by atoms with Gasteiger partial charge in [0.05, 0.1) is 0 Å². The zero-order valence-electron chi connectivity index (χ0n) is 6.72. The molecule has 0 radical (unpaired) electrons. The van der Waals surface area contributed by atoms with Crippen molar-refractivity contribution in [3.8, 4) is 0 Å². The smallest absolute Gasteiger partial charge is 0.213 e. The van der Waals surface area contributed by atoms with E-state index in [1.807, 2.05) is 6.08 Å². The number of nitrogens with zero attached hydrogens (tertiary/aromatic N) is 1. The quantitative estimate of drug-likeness (QED) is 0.510. The number of aromatic nitrogens is 1. The van der Waals surface area contributed by atoms with Crippen LogP contribution in [0.5, 0.6) is 0 Å². The summed E-state index contributed by atoms with van der Waals surface area (Å²) in [6.45, 7) is 1.76. The Labute approximate surface area is 75.9 Å². The van der Waals surface area contributed by atoms with Crippen LogP contribution >= 0.6 is 11.6 Å². The molecule has 0 unspecified atom stereocenters. The van der Waals surface area contributed by atoms with Crippen LogP contribution in [-0.4, -0.2) is 10.9 Å². The van der Waals surface area contributed by atoms with Gasteiger partial charge in [-0.25, -0.2) is 4.98 Å². The van der Waals surface area contributed by atoms with E-state index < -0.39 is 5.95 Å². The molecule has 1 aromatic heterocycles. The van der Waals surface area contributed by atoms with Crippen LogP contribution in [0.4, 0.5) is 4.39 Å². The summed E-state index contributed by atoms with van der Waals surface area (Å²) in [6, 6.07) is 3.02. The maximum absolute atomic E-state index is 12.5. The molecule has 0 aliphatic heterocycles. The van der Waals surface area contributed by atoms with Crippen LogP contribution in [0.1, 0.15) is 11.3 Å². The lowest BCUT2D eigenvalue weighted by molar-refractivity contribution is 0.580. The van der Waals surface area contributed by atoms with Gasteiger partial charge in [-0.3, -0.25) is 0 Å². The van der Waals surface area contributed by atoms with Crippen molar-refractivity contribution in [2.75, 3.05) is 5.88 Å². The van der Waals surface area contributed by atoms with E-state index in [9.17, 15) is 4.39 Å². The van der Waals surface area contributed by atoms with Gasteiger partial charge < -0.3 is 0 Å². The number of allylic oxidation sites excluding steroid dienone is 1. The second-order valence-electron chi connectivity index (χ2n) is 2.37. The second kappa shape index (κ2) is 4.21. The Balaban J connectivity index is 2.94. The minimum absolute atomic E-state index is 0.449. The molecular weight excluding hydrogens is 177 g/mol. The van der Waals surface area contributed by atoms with E-state index in [0.717, 1.165) is 5.56 Å². The Bertz CT molecular complexity index is 297. The molecule has 1 heterocycles. The fourth-order valence-electron chi connectivity index (χ4n) is 0.889. The van der Waals surface area contributed by atoms with Crippen LogP contribution in [0.2, 0.25) is 0 Å². The highest BCUT2D eigenvalue weighted by Gasteiger charge is 1.96. The highest BCUT2D eigenvalue weighted by molar-refractivity contribution is 6.19. The molecule has 0 saturated heterocycles. The van der Waals surface area contributed by atoms with E-state index in [1.165, 1.54) is 6.07 Å². The molecule has 64 valence electrons. The first-order valence-corrected chi connectivity index (χ1v) is 4.13. The molecule has 0 aliphatic carbocycles. The molecule has 0 amide bonds. The molecule has 0 saturated carbocycles. The Morgan fingerprint density at radius 3 is 2.92 bits per heavy atom. The van der Waals surface area contributed by atoms with Crippen LogP contribution in [0.3, 0.4) is 0 Å². The highest BCUT2D eigenvalue weighted by atomic mass is 35.5. The number of alkyl halides is 1. The minimum atomic E-state index is -0.449. The molecule has 1 rings (SSSR count). The summed E-state index contributed by atoms with van der Waals surface area (Å²) in [7, 11) is 0. The van der Waals surface area contributed by atoms with E-state index >= 15 is 0 Å². The Kier molecular flexibility index (Phi) is 3.23. The van der Waals surface area contributed by atoms with Crippen molar-refractivity contribution in [1.82, 2.24) is 4.98 Å². The van der Waals surface area contributed by atoms with Crippen LogP contribution in [0, 0.1) is 12.9 Å². The van der Waals surface area contributed by atoms with E-state index in [2.05, 4.69) is 4.98 Å². The van der Waals surface area contributed by atoms with Crippen molar-refractivity contribution in [2.45, 2.75) is 6.92 Å². The van der Waals surface area contributed by atoms with Crippen molar-refractivity contribution in [3.05, 3.63) is 35.4 Å². The van der Waals surface area contributed by atoms with Gasteiger partial charge in [0.25, 0.3) is 0 Å². The van der Waals surface area contributed by atoms with Gasteiger partial charge in [-0.1, -0.05) is 12.2 Å². The zero-order valence-corrected chi connectivity index (χ0v) is 7.48. The third kappa shape index (κ3) is 2.31. The fourth-order valence-corrected chi connectivity index (χ4v) is 0.978. The molecule has 12 heavy (non-hydrogen) atoms. The van der Waals surface area contributed by atoms with Gasteiger partial charge >= 0.3 is 0 Å². The van der Waals surface area contributed by atoms with Gasteiger partial charge in [0.1, 0.15) is 0 Å². The summed E-state index contributed by atoms with van der Waals surface area (Å²) in [5, 5.41) is 0. The molecule has 0 N–H and O–H groups in total. The first-order chi connectivity index (χ1) is 5.74. The maximum Gasteiger partial charge on any atom is 0.213 e. The normalized spacial score (nSPS) is 10.9. The van der Waals surface area contributed by atoms with Crippen LogP contribution in [-0.2, 0) is 0 Å². The van der Waals surface area contributed by atoms with Crippen LogP contribution in [0.25, 0.3) is 6.08 Å². The van der Waals surface area contributed by atoms with E-state index in [-0.39, 0.29) is 0 Å². The summed E-state index contributed by atoms with van der Waals surface area (Å²) in [5.74, 6) is 0.00659. The van der Waals surface area contributed by atoms with Crippen LogP contribution in [0.15, 0.2) is 18.2 Å². The molecule has 1 aromatic rings. The van der Waals surface area contributed by atoms with Crippen molar-refractivity contribution in [3.63, 3.8) is 0 Å². The monoisotopic (exact) mass is 185 g/mol. The van der Waals surface area contributed by atoms with Gasteiger partial charge in [-0.05, 0) is 24.6 Å². The summed E-state index contributed by atoms with van der Waals surface area (Å²) >= 11 is 5.45. The zero-order chi connectivity index (χ0) is 8.97. The first kappa shape index (κ1) is 9.20. The predicted molar refractivity (Wildman–Crippen MR) is 48.7 cm³/mol. The number of hydrogen-bond acceptors (Lipinski definition) is 1. The number of rotatable bonds is 2. The van der Waals surface area contributed by atoms with E-state index in [4.69, 9.17) is 11.6 Å². The topological polar surface area (TPSA) is 12.9 Å². The Morgan fingerprint density at radius 2 is 2.33 bits per heavy atom. The second-order valence-corrected chi connectivity index (χ2v) is 2.67. The molecule has 0 aliphatic rings. The lowest BCUT2D eigenvalue weighted by Crippen LogP contribution is -1.89. The predicted octanol–water partition coefficient (Wildman–Crippen LogP) is 2.78. The largest absolute Gasteiger partial charge is 0.225 e. The SMILES string of the molecule is Cc1nc(F)ccc1C=CCCl. The van der Waals surface area contributed by atoms with Crippen molar-refractivity contribution in [1.29, 1.82) is 0 Å². The lowest BCUT2D eigenvalue weighted by Gasteiger charge is -1.97. The molecule has 0 fully saturated rings. The lowest BCUT2D eigenvalue weighted by atomic mass is 10.2. The molecular formula is C9H9ClFN. The average molecular weight is 186 g/mol. The molecule has 0 bridgehead atoms. The van der Waals surface area contributed by atoms with Crippen molar-refractivity contribution < 1.29 is 4.39 Å². The van der Waals surface area contributed by atoms with Crippen LogP contribution < -0.4 is 0 Å². The third-order valence-electron chi connectivity index (χ3n) is 1.48. The molecule has 0 aromatic carbocycles. The summed E-state index contributed by atoms with van der Waals surface area (Å²) < 4.78 is 12.5. The fraction of sp³-hybridized carbons (Fsp3) is 0.222. The van der Waals surface area contributed by atoms with Crippen molar-refractivity contribution >= 4 is 17.7 Å². The molecule has 3 heteroatoms. The van der Waals surface area contributed by atoms with Gasteiger partial charge in [0.15, 0.2) is 0 Å². The minimum Gasteiger partial charge on any atom is -0.225 e. The van der Waals surface area contributed by atoms with E-state index in [0.29, 0.717) is 11.6 Å². The molecule has 0 atom stereocenters. The van der Waals surface area contributed by atoms with Gasteiger partial charge in [0, 0.05) is 11.6 Å². The Morgan fingerprint density at radius 1 is 1.58 bits per heavy atom. The maximum atomic E-state index is 12.5. The summed E-state index contributed by atoms with van der Waals surface area (Å²) in [4.78, 5) is 3.67. The molecule has 0 spiro atoms. The molecule has 1 nitrogen and oxygen atoms in total. The summed E-state index contributed by atoms with van der Waals surface area (Å²) in [5.41, 5.74) is 1.58. The number of halogens is 2. The summed E-state index contributed by atoms with van der Waals surface area (Å²) in [6.07, 6.45) is 3.62. The third-order valence-corrected chi connectivity index (χ3v) is 1.66. The average Bonchev–Trinajstić information content (AvgIpc) is 2.03. The number of hydrogen-bond donors (Lipinski definition) is 0. The Hall–Kier alpha value is -0.890. The van der Waals surface area contributed by atoms with Crippen molar-refractivity contribution in [2.24, 2.45) is 0 Å². The van der Waals surface area contributed by atoms with E-state index in [1.54, 1.807) is 19.1 Å². The highest BCUT2D eigenvalue weighted by Crippen LogP contribution is 2.07. The van der Waals surface area contributed by atoms with Gasteiger partial charge in [-0.15, -0.1) is 11.6 Å². The number of aryl methyl sites for hydroxylation is 1. The van der Waals surface area contributed by atoms with Gasteiger partial charge in [0.2, 0.25) is 5.95 Å². The number of pyridine rings is 1. The first-order valence-electron chi connectivity index (χ1n) is 3.59.